The van der Waals surface area contributed by atoms with E-state index in [-0.39, 0.29) is 23.1 Å². The number of rotatable bonds is 4. The molecule has 8 nitrogen and oxygen atoms in total. The van der Waals surface area contributed by atoms with Crippen molar-refractivity contribution in [2.75, 3.05) is 38.0 Å². The molecular formula is C26H33ClN6O2. The largest absolute Gasteiger partial charge is 0.367 e. The fourth-order valence-corrected chi connectivity index (χ4v) is 5.76. The highest BCUT2D eigenvalue weighted by Crippen LogP contribution is 2.26. The summed E-state index contributed by atoms with van der Waals surface area (Å²) >= 11 is 6.19. The number of nitrogens with one attached hydrogen (secondary N) is 1. The molecule has 0 bridgehead atoms. The Kier molecular flexibility index (Phi) is 7.20. The van der Waals surface area contributed by atoms with Gasteiger partial charge < -0.3 is 15.1 Å². The lowest BCUT2D eigenvalue weighted by Crippen LogP contribution is -2.48. The number of carbonyl (C=O) groups is 2. The van der Waals surface area contributed by atoms with Crippen molar-refractivity contribution in [3.05, 3.63) is 52.4 Å². The van der Waals surface area contributed by atoms with E-state index in [9.17, 15) is 9.59 Å². The third-order valence-electron chi connectivity index (χ3n) is 7.64. The fourth-order valence-electron chi connectivity index (χ4n) is 5.57. The van der Waals surface area contributed by atoms with Gasteiger partial charge in [0.2, 0.25) is 11.2 Å². The van der Waals surface area contributed by atoms with Crippen molar-refractivity contribution in [1.29, 1.82) is 0 Å². The molecule has 2 aromatic rings. The lowest BCUT2D eigenvalue weighted by molar-refractivity contribution is -0.129. The molecule has 3 aliphatic rings. The topological polar surface area (TPSA) is 81.7 Å². The number of nitrogens with zero attached hydrogens (tertiary/aromatic N) is 5. The van der Waals surface area contributed by atoms with Gasteiger partial charge in [0, 0.05) is 64.3 Å². The Hall–Kier alpha value is -2.71. The van der Waals surface area contributed by atoms with Crippen molar-refractivity contribution >= 4 is 29.2 Å². The molecule has 186 valence electrons. The summed E-state index contributed by atoms with van der Waals surface area (Å²) in [6, 6.07) is 11.1. The van der Waals surface area contributed by atoms with Crippen LogP contribution in [0.3, 0.4) is 0 Å². The highest BCUT2D eigenvalue weighted by Gasteiger charge is 2.30. The number of benzene rings is 1. The molecule has 0 unspecified atom stereocenters. The second-order valence-electron chi connectivity index (χ2n) is 9.84. The maximum absolute atomic E-state index is 13.3. The monoisotopic (exact) mass is 496 g/mol. The van der Waals surface area contributed by atoms with E-state index < -0.39 is 0 Å². The van der Waals surface area contributed by atoms with Gasteiger partial charge in [-0.25, -0.2) is 9.97 Å². The normalized spacial score (nSPS) is 19.9. The molecule has 2 saturated heterocycles. The third-order valence-corrected chi connectivity index (χ3v) is 7.81. The molecule has 4 heterocycles. The van der Waals surface area contributed by atoms with Crippen LogP contribution in [-0.2, 0) is 17.8 Å². The number of carbonyl (C=O) groups excluding carboxylic acids is 2. The number of likely N-dealkylation sites (tertiary alicyclic amines) is 2. The number of hydrogen-bond donors (Lipinski definition) is 1. The molecule has 1 N–H and O–H groups in total. The molecule has 9 heteroatoms. The van der Waals surface area contributed by atoms with Crippen LogP contribution in [0.4, 0.5) is 5.82 Å². The summed E-state index contributed by atoms with van der Waals surface area (Å²) in [6.07, 6.45) is 4.69. The van der Waals surface area contributed by atoms with Crippen LogP contribution in [0.2, 0.25) is 5.28 Å². The summed E-state index contributed by atoms with van der Waals surface area (Å²) in [5, 5.41) is 3.46. The van der Waals surface area contributed by atoms with Gasteiger partial charge in [-0.3, -0.25) is 14.5 Å². The minimum absolute atomic E-state index is 0.0707. The van der Waals surface area contributed by atoms with Crippen LogP contribution in [0.25, 0.3) is 0 Å². The van der Waals surface area contributed by atoms with E-state index in [0.29, 0.717) is 17.6 Å². The van der Waals surface area contributed by atoms with Gasteiger partial charge in [0.25, 0.3) is 5.91 Å². The summed E-state index contributed by atoms with van der Waals surface area (Å²) in [4.78, 5) is 39.6. The predicted octanol–water partition coefficient (Wildman–Crippen LogP) is 3.22. The van der Waals surface area contributed by atoms with Crippen molar-refractivity contribution < 1.29 is 9.59 Å². The van der Waals surface area contributed by atoms with Gasteiger partial charge >= 0.3 is 0 Å². The van der Waals surface area contributed by atoms with Gasteiger partial charge in [0.15, 0.2) is 0 Å². The maximum Gasteiger partial charge on any atom is 0.272 e. The SMILES string of the molecule is CC(=O)N1CCC(Nc2cc(C(=O)N3CCC(N4CCc5ccccc5C4)CC3)nc(Cl)n2)CC1. The number of fused-ring (bicyclic) bond motifs is 1. The molecular weight excluding hydrogens is 464 g/mol. The Morgan fingerprint density at radius 3 is 2.34 bits per heavy atom. The van der Waals surface area contributed by atoms with Gasteiger partial charge in [0.1, 0.15) is 11.5 Å². The van der Waals surface area contributed by atoms with E-state index in [2.05, 4.69) is 44.5 Å². The average Bonchev–Trinajstić information content (AvgIpc) is 2.88. The van der Waals surface area contributed by atoms with Gasteiger partial charge in [-0.2, -0.15) is 0 Å². The Labute approximate surface area is 211 Å². The lowest BCUT2D eigenvalue weighted by atomic mass is 9.95. The van der Waals surface area contributed by atoms with E-state index in [1.54, 1.807) is 13.0 Å². The first kappa shape index (κ1) is 24.0. The minimum atomic E-state index is -0.0915. The van der Waals surface area contributed by atoms with Crippen molar-refractivity contribution in [3.8, 4) is 0 Å². The van der Waals surface area contributed by atoms with E-state index in [4.69, 9.17) is 11.6 Å². The van der Waals surface area contributed by atoms with Gasteiger partial charge in [-0.05, 0) is 54.8 Å². The van der Waals surface area contributed by atoms with E-state index in [1.807, 2.05) is 9.80 Å². The maximum atomic E-state index is 13.3. The summed E-state index contributed by atoms with van der Waals surface area (Å²) in [5.74, 6) is 0.581. The Morgan fingerprint density at radius 2 is 1.63 bits per heavy atom. The number of amides is 2. The molecule has 0 radical (unpaired) electrons. The Balaban J connectivity index is 1.17. The van der Waals surface area contributed by atoms with Crippen molar-refractivity contribution in [2.24, 2.45) is 0 Å². The van der Waals surface area contributed by atoms with Crippen molar-refractivity contribution in [2.45, 2.75) is 57.7 Å². The van der Waals surface area contributed by atoms with Crippen LogP contribution >= 0.6 is 11.6 Å². The zero-order chi connectivity index (χ0) is 24.4. The average molecular weight is 497 g/mol. The molecule has 2 fully saturated rings. The summed E-state index contributed by atoms with van der Waals surface area (Å²) in [5.41, 5.74) is 3.23. The second-order valence-corrected chi connectivity index (χ2v) is 10.2. The molecule has 35 heavy (non-hydrogen) atoms. The first-order valence-electron chi connectivity index (χ1n) is 12.6. The summed E-state index contributed by atoms with van der Waals surface area (Å²) in [7, 11) is 0. The predicted molar refractivity (Wildman–Crippen MR) is 135 cm³/mol. The van der Waals surface area contributed by atoms with Crippen LogP contribution < -0.4 is 5.32 Å². The van der Waals surface area contributed by atoms with Crippen LogP contribution in [0, 0.1) is 0 Å². The standard InChI is InChI=1S/C26H33ClN6O2/c1-18(34)31-12-7-21(8-13-31)28-24-16-23(29-26(27)30-24)25(35)32-14-9-22(10-15-32)33-11-6-19-4-2-3-5-20(19)17-33/h2-5,16,21-22H,6-15,17H2,1H3,(H,28,29,30). The van der Waals surface area contributed by atoms with Crippen molar-refractivity contribution in [1.82, 2.24) is 24.7 Å². The van der Waals surface area contributed by atoms with Crippen molar-refractivity contribution in [3.63, 3.8) is 0 Å². The lowest BCUT2D eigenvalue weighted by Gasteiger charge is -2.40. The first-order valence-corrected chi connectivity index (χ1v) is 13.0. The van der Waals surface area contributed by atoms with E-state index in [1.165, 1.54) is 11.1 Å². The molecule has 5 rings (SSSR count). The highest BCUT2D eigenvalue weighted by molar-refractivity contribution is 6.28. The van der Waals surface area contributed by atoms with Gasteiger partial charge in [0.05, 0.1) is 0 Å². The van der Waals surface area contributed by atoms with Crippen LogP contribution in [0.15, 0.2) is 30.3 Å². The number of piperidine rings is 2. The molecule has 1 aromatic heterocycles. The van der Waals surface area contributed by atoms with Gasteiger partial charge in [-0.15, -0.1) is 0 Å². The van der Waals surface area contributed by atoms with Gasteiger partial charge in [-0.1, -0.05) is 24.3 Å². The van der Waals surface area contributed by atoms with Crippen LogP contribution in [0.5, 0.6) is 0 Å². The number of hydrogen-bond acceptors (Lipinski definition) is 6. The minimum Gasteiger partial charge on any atom is -0.367 e. The number of anilines is 1. The first-order chi connectivity index (χ1) is 17.0. The molecule has 0 spiro atoms. The highest BCUT2D eigenvalue weighted by atomic mass is 35.5. The van der Waals surface area contributed by atoms with E-state index >= 15 is 0 Å². The molecule has 1 aromatic carbocycles. The summed E-state index contributed by atoms with van der Waals surface area (Å²) in [6.45, 7) is 6.55. The number of halogens is 1. The molecule has 2 amide bonds. The Bertz CT molecular complexity index is 1080. The Morgan fingerprint density at radius 1 is 0.943 bits per heavy atom. The third kappa shape index (κ3) is 5.59. The zero-order valence-electron chi connectivity index (χ0n) is 20.3. The molecule has 0 atom stereocenters. The molecule has 3 aliphatic heterocycles. The quantitative estimate of drug-likeness (QED) is 0.654. The molecule has 0 saturated carbocycles. The van der Waals surface area contributed by atoms with Crippen LogP contribution in [0.1, 0.15) is 54.2 Å². The van der Waals surface area contributed by atoms with E-state index in [0.717, 1.165) is 71.4 Å². The molecule has 0 aliphatic carbocycles. The smallest absolute Gasteiger partial charge is 0.272 e. The second kappa shape index (κ2) is 10.5. The zero-order valence-corrected chi connectivity index (χ0v) is 21.0. The fraction of sp³-hybridized carbons (Fsp3) is 0.538. The van der Waals surface area contributed by atoms with Crippen LogP contribution in [-0.4, -0.2) is 81.3 Å². The number of aromatic nitrogens is 2. The summed E-state index contributed by atoms with van der Waals surface area (Å²) < 4.78 is 0.